The predicted molar refractivity (Wildman–Crippen MR) is 90.3 cm³/mol. The molecule has 0 saturated heterocycles. The van der Waals surface area contributed by atoms with Gasteiger partial charge in [0.15, 0.2) is 0 Å². The Morgan fingerprint density at radius 2 is 2.13 bits per heavy atom. The van der Waals surface area contributed by atoms with Crippen molar-refractivity contribution in [2.24, 2.45) is 0 Å². The van der Waals surface area contributed by atoms with Gasteiger partial charge in [0.25, 0.3) is 0 Å². The minimum absolute atomic E-state index is 0.148. The number of rotatable bonds is 2. The van der Waals surface area contributed by atoms with Gasteiger partial charge in [0, 0.05) is 30.4 Å². The normalized spacial score (nSPS) is 17.6. The van der Waals surface area contributed by atoms with Crippen LogP contribution < -0.4 is 9.64 Å². The summed E-state index contributed by atoms with van der Waals surface area (Å²) >= 11 is 0. The van der Waals surface area contributed by atoms with Gasteiger partial charge in [0.1, 0.15) is 5.75 Å². The number of benzene rings is 2. The number of anilines is 2. The van der Waals surface area contributed by atoms with Gasteiger partial charge in [-0.2, -0.15) is 5.26 Å². The van der Waals surface area contributed by atoms with Crippen molar-refractivity contribution < 1.29 is 9.47 Å². The van der Waals surface area contributed by atoms with Gasteiger partial charge in [-0.1, -0.05) is 6.07 Å². The van der Waals surface area contributed by atoms with Gasteiger partial charge < -0.3 is 14.4 Å². The fourth-order valence-electron chi connectivity index (χ4n) is 2.96. The zero-order valence-corrected chi connectivity index (χ0v) is 13.5. The summed E-state index contributed by atoms with van der Waals surface area (Å²) in [5, 5.41) is 9.17. The van der Waals surface area contributed by atoms with Gasteiger partial charge in [-0.15, -0.1) is 0 Å². The Hall–Kier alpha value is -2.51. The summed E-state index contributed by atoms with van der Waals surface area (Å²) < 4.78 is 11.2. The summed E-state index contributed by atoms with van der Waals surface area (Å²) in [6.07, 6.45) is 0.945. The molecular weight excluding hydrogens is 288 g/mol. The Bertz CT molecular complexity index is 736. The summed E-state index contributed by atoms with van der Waals surface area (Å²) in [4.78, 5) is 2.23. The number of nitrogens with zero attached hydrogens (tertiary/aromatic N) is 2. The highest BCUT2D eigenvalue weighted by atomic mass is 16.5. The second kappa shape index (κ2) is 6.72. The Morgan fingerprint density at radius 3 is 2.91 bits per heavy atom. The summed E-state index contributed by atoms with van der Waals surface area (Å²) in [6, 6.07) is 16.1. The number of hydrogen-bond acceptors (Lipinski definition) is 4. The first-order valence-electron chi connectivity index (χ1n) is 7.77. The van der Waals surface area contributed by atoms with E-state index in [1.54, 1.807) is 7.11 Å². The van der Waals surface area contributed by atoms with E-state index in [-0.39, 0.29) is 6.10 Å². The zero-order valence-electron chi connectivity index (χ0n) is 13.5. The van der Waals surface area contributed by atoms with Crippen LogP contribution in [0.15, 0.2) is 42.5 Å². The van der Waals surface area contributed by atoms with E-state index in [2.05, 4.69) is 24.0 Å². The number of hydrogen-bond donors (Lipinski definition) is 0. The molecular formula is C19H20N2O2. The first-order valence-corrected chi connectivity index (χ1v) is 7.77. The van der Waals surface area contributed by atoms with Gasteiger partial charge >= 0.3 is 0 Å². The summed E-state index contributed by atoms with van der Waals surface area (Å²) in [5.41, 5.74) is 4.02. The molecule has 1 aliphatic heterocycles. The van der Waals surface area contributed by atoms with Crippen molar-refractivity contribution in [2.45, 2.75) is 19.4 Å². The van der Waals surface area contributed by atoms with Crippen molar-refractivity contribution in [1.82, 2.24) is 0 Å². The van der Waals surface area contributed by atoms with E-state index in [9.17, 15) is 5.26 Å². The number of ether oxygens (including phenoxy) is 2. The Morgan fingerprint density at radius 1 is 1.26 bits per heavy atom. The van der Waals surface area contributed by atoms with Crippen molar-refractivity contribution in [1.29, 1.82) is 5.26 Å². The Labute approximate surface area is 136 Å². The molecule has 2 aromatic rings. The average molecular weight is 308 g/mol. The standard InChI is InChI=1S/C19H20N2O2/c1-14-10-16-11-15(13-20)6-7-19(16)21(8-9-23-14)17-4-3-5-18(12-17)22-2/h3-7,11-12,14H,8-10H2,1-2H3. The van der Waals surface area contributed by atoms with E-state index < -0.39 is 0 Å². The number of methoxy groups -OCH3 is 1. The summed E-state index contributed by atoms with van der Waals surface area (Å²) in [6.45, 7) is 3.50. The van der Waals surface area contributed by atoms with E-state index in [1.165, 1.54) is 0 Å². The van der Waals surface area contributed by atoms with Gasteiger partial charge in [-0.05, 0) is 42.8 Å². The van der Waals surface area contributed by atoms with Crippen LogP contribution in [0.5, 0.6) is 5.75 Å². The SMILES string of the molecule is COc1cccc(N2CCOC(C)Cc3cc(C#N)ccc32)c1. The zero-order chi connectivity index (χ0) is 16.2. The average Bonchev–Trinajstić information content (AvgIpc) is 2.57. The Balaban J connectivity index is 2.07. The maximum Gasteiger partial charge on any atom is 0.120 e. The van der Waals surface area contributed by atoms with E-state index >= 15 is 0 Å². The monoisotopic (exact) mass is 308 g/mol. The quantitative estimate of drug-likeness (QED) is 0.849. The third kappa shape index (κ3) is 3.30. The van der Waals surface area contributed by atoms with Crippen molar-refractivity contribution >= 4 is 11.4 Å². The highest BCUT2D eigenvalue weighted by molar-refractivity contribution is 5.69. The van der Waals surface area contributed by atoms with Gasteiger partial charge in [-0.25, -0.2) is 0 Å². The molecule has 0 aromatic heterocycles. The highest BCUT2D eigenvalue weighted by Crippen LogP contribution is 2.33. The first-order chi connectivity index (χ1) is 11.2. The second-order valence-electron chi connectivity index (χ2n) is 5.69. The van der Waals surface area contributed by atoms with Crippen molar-refractivity contribution in [2.75, 3.05) is 25.2 Å². The smallest absolute Gasteiger partial charge is 0.120 e. The molecule has 0 fully saturated rings. The summed E-state index contributed by atoms with van der Waals surface area (Å²) in [7, 11) is 1.67. The van der Waals surface area contributed by atoms with E-state index in [1.807, 2.05) is 36.4 Å². The van der Waals surface area contributed by atoms with E-state index in [4.69, 9.17) is 9.47 Å². The lowest BCUT2D eigenvalue weighted by Gasteiger charge is -2.31. The minimum Gasteiger partial charge on any atom is -0.497 e. The van der Waals surface area contributed by atoms with Crippen LogP contribution >= 0.6 is 0 Å². The lowest BCUT2D eigenvalue weighted by Crippen LogP contribution is -2.29. The van der Waals surface area contributed by atoms with E-state index in [0.717, 1.165) is 35.7 Å². The third-order valence-corrected chi connectivity index (χ3v) is 4.09. The topological polar surface area (TPSA) is 45.5 Å². The van der Waals surface area contributed by atoms with Crippen LogP contribution in [0.1, 0.15) is 18.1 Å². The van der Waals surface area contributed by atoms with Crippen molar-refractivity contribution in [3.8, 4) is 11.8 Å². The fourth-order valence-corrected chi connectivity index (χ4v) is 2.96. The predicted octanol–water partition coefficient (Wildman–Crippen LogP) is 3.67. The van der Waals surface area contributed by atoms with Crippen LogP contribution in [-0.4, -0.2) is 26.4 Å². The van der Waals surface area contributed by atoms with E-state index in [0.29, 0.717) is 12.2 Å². The molecule has 0 amide bonds. The maximum atomic E-state index is 9.17. The number of fused-ring (bicyclic) bond motifs is 1. The maximum absolute atomic E-state index is 9.17. The number of nitriles is 1. The van der Waals surface area contributed by atoms with Crippen LogP contribution in [0.3, 0.4) is 0 Å². The third-order valence-electron chi connectivity index (χ3n) is 4.09. The van der Waals surface area contributed by atoms with Crippen LogP contribution in [-0.2, 0) is 11.2 Å². The molecule has 0 saturated carbocycles. The molecule has 1 unspecified atom stereocenters. The lowest BCUT2D eigenvalue weighted by molar-refractivity contribution is 0.0703. The molecule has 0 spiro atoms. The van der Waals surface area contributed by atoms with Gasteiger partial charge in [-0.3, -0.25) is 0 Å². The summed E-state index contributed by atoms with van der Waals surface area (Å²) in [5.74, 6) is 0.828. The first kappa shape index (κ1) is 15.4. The van der Waals surface area contributed by atoms with Crippen LogP contribution in [0.2, 0.25) is 0 Å². The lowest BCUT2D eigenvalue weighted by atomic mass is 10.0. The molecule has 0 bridgehead atoms. The van der Waals surface area contributed by atoms with Crippen molar-refractivity contribution in [3.63, 3.8) is 0 Å². The largest absolute Gasteiger partial charge is 0.497 e. The molecule has 118 valence electrons. The molecule has 1 aliphatic rings. The molecule has 23 heavy (non-hydrogen) atoms. The minimum atomic E-state index is 0.148. The molecule has 1 atom stereocenters. The molecule has 0 N–H and O–H groups in total. The molecule has 3 rings (SSSR count). The molecule has 0 aliphatic carbocycles. The highest BCUT2D eigenvalue weighted by Gasteiger charge is 2.19. The van der Waals surface area contributed by atoms with Crippen molar-refractivity contribution in [3.05, 3.63) is 53.6 Å². The fraction of sp³-hybridized carbons (Fsp3) is 0.316. The second-order valence-corrected chi connectivity index (χ2v) is 5.69. The van der Waals surface area contributed by atoms with Crippen LogP contribution in [0.25, 0.3) is 0 Å². The molecule has 1 heterocycles. The molecule has 0 radical (unpaired) electrons. The molecule has 2 aromatic carbocycles. The van der Waals surface area contributed by atoms with Gasteiger partial charge in [0.2, 0.25) is 0 Å². The Kier molecular flexibility index (Phi) is 4.50. The van der Waals surface area contributed by atoms with Crippen LogP contribution in [0, 0.1) is 11.3 Å². The molecule has 4 nitrogen and oxygen atoms in total. The molecule has 4 heteroatoms. The van der Waals surface area contributed by atoms with Gasteiger partial charge in [0.05, 0.1) is 31.5 Å². The van der Waals surface area contributed by atoms with Crippen LogP contribution in [0.4, 0.5) is 11.4 Å².